The Morgan fingerprint density at radius 3 is 2.51 bits per heavy atom. The number of carbonyl (C=O) groups is 2. The van der Waals surface area contributed by atoms with Crippen LogP contribution in [0.4, 0.5) is 8.78 Å². The summed E-state index contributed by atoms with van der Waals surface area (Å²) in [6.45, 7) is 2.28. The van der Waals surface area contributed by atoms with Crippen molar-refractivity contribution in [3.05, 3.63) is 54.1 Å². The van der Waals surface area contributed by atoms with Crippen molar-refractivity contribution in [3.8, 4) is 0 Å². The molecule has 0 radical (unpaired) electrons. The predicted octanol–water partition coefficient (Wildman–Crippen LogP) is 2.78. The Kier molecular flexibility index (Phi) is 5.78. The zero-order valence-electron chi connectivity index (χ0n) is 21.9. The summed E-state index contributed by atoms with van der Waals surface area (Å²) in [6.07, 6.45) is 0.357. The fraction of sp³-hybridized carbons (Fsp3) is 0.586. The van der Waals surface area contributed by atoms with E-state index >= 15 is 8.78 Å². The summed E-state index contributed by atoms with van der Waals surface area (Å²) in [7, 11) is -3.96. The molecule has 7 nitrogen and oxygen atoms in total. The smallest absolute Gasteiger partial charge is 0.243 e. The second kappa shape index (κ2) is 8.38. The highest BCUT2D eigenvalue weighted by atomic mass is 32.2. The summed E-state index contributed by atoms with van der Waals surface area (Å²) in [4.78, 5) is 25.8. The van der Waals surface area contributed by atoms with Crippen molar-refractivity contribution >= 4 is 21.6 Å². The highest BCUT2D eigenvalue weighted by molar-refractivity contribution is 7.89. The molecule has 4 fully saturated rings. The summed E-state index contributed by atoms with van der Waals surface area (Å²) in [5.74, 6) is -3.02. The quantitative estimate of drug-likeness (QED) is 0.585. The van der Waals surface area contributed by atoms with Crippen molar-refractivity contribution in [2.45, 2.75) is 55.9 Å². The zero-order valence-corrected chi connectivity index (χ0v) is 22.7. The van der Waals surface area contributed by atoms with E-state index in [0.29, 0.717) is 0 Å². The van der Waals surface area contributed by atoms with Crippen LogP contribution >= 0.6 is 0 Å². The van der Waals surface area contributed by atoms with Gasteiger partial charge in [0.1, 0.15) is 12.8 Å². The number of aliphatic hydroxyl groups excluding tert-OH is 2. The third-order valence-corrected chi connectivity index (χ3v) is 13.0. The van der Waals surface area contributed by atoms with Gasteiger partial charge in [0.15, 0.2) is 17.2 Å². The third-order valence-electron chi connectivity index (χ3n) is 11.1. The lowest BCUT2D eigenvalue weighted by molar-refractivity contribution is -0.211. The molecule has 0 spiro atoms. The lowest BCUT2D eigenvalue weighted by atomic mass is 9.43. The number of hydrogen-bond donors (Lipinski definition) is 2. The molecule has 10 heteroatoms. The first-order valence-corrected chi connectivity index (χ1v) is 14.9. The van der Waals surface area contributed by atoms with E-state index in [1.54, 1.807) is 25.1 Å². The molecule has 1 saturated heterocycles. The van der Waals surface area contributed by atoms with Crippen molar-refractivity contribution in [3.63, 3.8) is 0 Å². The summed E-state index contributed by atoms with van der Waals surface area (Å²) >= 11 is 0. The number of sulfonamides is 1. The first-order chi connectivity index (χ1) is 18.3. The van der Waals surface area contributed by atoms with Gasteiger partial charge in [0.05, 0.1) is 16.4 Å². The molecule has 1 aromatic rings. The molecule has 2 N–H and O–H groups in total. The van der Waals surface area contributed by atoms with Crippen LogP contribution in [0.25, 0.3) is 0 Å². The summed E-state index contributed by atoms with van der Waals surface area (Å²) < 4.78 is 61.5. The van der Waals surface area contributed by atoms with Gasteiger partial charge in [-0.2, -0.15) is 4.31 Å². The fourth-order valence-electron chi connectivity index (χ4n) is 9.30. The largest absolute Gasteiger partial charge is 0.390 e. The molecule has 1 aliphatic heterocycles. The number of carbonyl (C=O) groups excluding carboxylic acids is 2. The van der Waals surface area contributed by atoms with E-state index in [-0.39, 0.29) is 42.8 Å². The van der Waals surface area contributed by atoms with Gasteiger partial charge in [0.25, 0.3) is 0 Å². The Bertz CT molecular complexity index is 1410. The SMILES string of the molecule is C[C@]12C=CC(=O)C=C1[C@@H](F)C[C@H]1[C@@H]3C[C@H]4CN(S(=O)(=O)c5ccccc5)C[C@@]4(C(=O)CO)[C@@]3(C)C[C@H](O)[C@@]12F. The number of hydrogen-bond acceptors (Lipinski definition) is 6. The van der Waals surface area contributed by atoms with Gasteiger partial charge in [-0.15, -0.1) is 0 Å². The Morgan fingerprint density at radius 2 is 1.85 bits per heavy atom. The molecule has 0 amide bonds. The van der Waals surface area contributed by atoms with Crippen LogP contribution in [0.2, 0.25) is 0 Å². The fourth-order valence-corrected chi connectivity index (χ4v) is 10.9. The second-order valence-corrected chi connectivity index (χ2v) is 14.4. The number of fused-ring (bicyclic) bond motifs is 7. The molecule has 0 bridgehead atoms. The highest BCUT2D eigenvalue weighted by Crippen LogP contribution is 2.74. The molecule has 4 aliphatic carbocycles. The molecular weight excluding hydrogens is 528 g/mol. The second-order valence-electron chi connectivity index (χ2n) is 12.5. The minimum absolute atomic E-state index is 0.00698. The minimum Gasteiger partial charge on any atom is -0.390 e. The van der Waals surface area contributed by atoms with Crippen LogP contribution in [-0.4, -0.2) is 72.1 Å². The number of allylic oxidation sites excluding steroid dienone is 4. The van der Waals surface area contributed by atoms with Crippen molar-refractivity contribution in [2.75, 3.05) is 19.7 Å². The number of alkyl halides is 2. The first kappa shape index (κ1) is 26.9. The van der Waals surface area contributed by atoms with Crippen molar-refractivity contribution < 1.29 is 37.0 Å². The number of aliphatic hydroxyl groups is 2. The molecule has 6 rings (SSSR count). The third kappa shape index (κ3) is 3.14. The van der Waals surface area contributed by atoms with Crippen LogP contribution in [0.1, 0.15) is 33.1 Å². The number of benzene rings is 1. The van der Waals surface area contributed by atoms with E-state index in [1.165, 1.54) is 35.5 Å². The van der Waals surface area contributed by atoms with E-state index in [2.05, 4.69) is 0 Å². The average molecular weight is 562 g/mol. The summed E-state index contributed by atoms with van der Waals surface area (Å²) in [5.41, 5.74) is -6.27. The van der Waals surface area contributed by atoms with Crippen LogP contribution < -0.4 is 0 Å². The van der Waals surface area contributed by atoms with Crippen LogP contribution in [0.5, 0.6) is 0 Å². The van der Waals surface area contributed by atoms with Gasteiger partial charge in [-0.05, 0) is 73.3 Å². The van der Waals surface area contributed by atoms with E-state index in [4.69, 9.17) is 0 Å². The lowest BCUT2D eigenvalue weighted by Crippen LogP contribution is -2.69. The Balaban J connectivity index is 1.45. The molecular formula is C29H33F2NO6S. The van der Waals surface area contributed by atoms with E-state index in [1.807, 2.05) is 0 Å². The average Bonchev–Trinajstić information content (AvgIpc) is 3.41. The van der Waals surface area contributed by atoms with Gasteiger partial charge in [-0.1, -0.05) is 31.2 Å². The lowest BCUT2D eigenvalue weighted by Gasteiger charge is -2.63. The monoisotopic (exact) mass is 561 g/mol. The molecule has 9 atom stereocenters. The number of ketones is 2. The first-order valence-electron chi connectivity index (χ1n) is 13.4. The van der Waals surface area contributed by atoms with Gasteiger partial charge in [-0.3, -0.25) is 9.59 Å². The molecule has 0 aromatic heterocycles. The normalized spacial score (nSPS) is 45.2. The van der Waals surface area contributed by atoms with Crippen molar-refractivity contribution in [1.82, 2.24) is 4.31 Å². The Labute approximate surface area is 226 Å². The molecule has 39 heavy (non-hydrogen) atoms. The molecule has 1 aromatic carbocycles. The van der Waals surface area contributed by atoms with Gasteiger partial charge < -0.3 is 10.2 Å². The highest BCUT2D eigenvalue weighted by Gasteiger charge is 2.78. The molecule has 5 aliphatic rings. The number of rotatable bonds is 4. The van der Waals surface area contributed by atoms with Crippen LogP contribution in [0.3, 0.4) is 0 Å². The number of halogens is 2. The number of nitrogens with zero attached hydrogens (tertiary/aromatic N) is 1. The van der Waals surface area contributed by atoms with Crippen LogP contribution in [0.15, 0.2) is 59.0 Å². The van der Waals surface area contributed by atoms with Crippen LogP contribution in [0, 0.1) is 34.0 Å². The Morgan fingerprint density at radius 1 is 1.15 bits per heavy atom. The molecule has 210 valence electrons. The van der Waals surface area contributed by atoms with Gasteiger partial charge >= 0.3 is 0 Å². The van der Waals surface area contributed by atoms with Crippen molar-refractivity contribution in [1.29, 1.82) is 0 Å². The van der Waals surface area contributed by atoms with Gasteiger partial charge in [-0.25, -0.2) is 17.2 Å². The van der Waals surface area contributed by atoms with Crippen LogP contribution in [-0.2, 0) is 19.6 Å². The van der Waals surface area contributed by atoms with Crippen molar-refractivity contribution in [2.24, 2.45) is 34.0 Å². The van der Waals surface area contributed by atoms with E-state index in [0.717, 1.165) is 6.08 Å². The maximum atomic E-state index is 17.5. The molecule has 0 unspecified atom stereocenters. The summed E-state index contributed by atoms with van der Waals surface area (Å²) in [6, 6.07) is 7.89. The topological polar surface area (TPSA) is 112 Å². The molecule has 1 heterocycles. The van der Waals surface area contributed by atoms with E-state index < -0.39 is 80.1 Å². The predicted molar refractivity (Wildman–Crippen MR) is 137 cm³/mol. The Hall–Kier alpha value is -2.27. The van der Waals surface area contributed by atoms with Gasteiger partial charge in [0, 0.05) is 24.4 Å². The standard InChI is InChI=1S/C29H33F2NO6S/c1-26-9-8-18(34)11-22(26)23(30)12-21-20-10-17-14-32(39(37,38)19-6-4-3-5-7-19)16-28(17,25(36)15-33)27(20,2)13-24(35)29(21,26)31/h3-9,11,17,20-21,23-24,33,35H,10,12-16H2,1-2H3/t17-,20-,21-,23-,24-,26-,27-,28+,29-/m0/s1. The number of Topliss-reactive ketones (excluding diaryl/α,β-unsaturated/α-hetero) is 1. The maximum absolute atomic E-state index is 17.5. The maximum Gasteiger partial charge on any atom is 0.243 e. The zero-order chi connectivity index (χ0) is 28.2. The molecule has 3 saturated carbocycles. The van der Waals surface area contributed by atoms with Gasteiger partial charge in [0.2, 0.25) is 10.0 Å². The van der Waals surface area contributed by atoms with E-state index in [9.17, 15) is 28.2 Å². The minimum atomic E-state index is -3.96. The summed E-state index contributed by atoms with van der Waals surface area (Å²) in [5, 5.41) is 21.7.